The Labute approximate surface area is 209 Å². The average Bonchev–Trinajstić information content (AvgIpc) is 3.46. The van der Waals surface area contributed by atoms with Crippen molar-refractivity contribution in [2.45, 2.75) is 26.9 Å². The summed E-state index contributed by atoms with van der Waals surface area (Å²) in [6.07, 6.45) is -0.459. The molecule has 0 saturated carbocycles. The van der Waals surface area contributed by atoms with Gasteiger partial charge in [0.15, 0.2) is 5.82 Å². The summed E-state index contributed by atoms with van der Waals surface area (Å²) in [5.74, 6) is 0.908. The van der Waals surface area contributed by atoms with Gasteiger partial charge in [0.25, 0.3) is 5.91 Å². The first-order chi connectivity index (χ1) is 17.2. The van der Waals surface area contributed by atoms with Crippen molar-refractivity contribution in [1.29, 1.82) is 0 Å². The largest absolute Gasteiger partial charge is 0.593 e. The number of halogens is 1. The number of nitrogens with one attached hydrogen (secondary N) is 3. The maximum atomic E-state index is 13.4. The average molecular weight is 513 g/mol. The van der Waals surface area contributed by atoms with Crippen LogP contribution in [-0.4, -0.2) is 31.6 Å². The van der Waals surface area contributed by atoms with E-state index in [9.17, 15) is 13.7 Å². The maximum Gasteiger partial charge on any atom is 0.254 e. The number of H-pyrrole nitrogens is 1. The van der Waals surface area contributed by atoms with Crippen LogP contribution in [0.1, 0.15) is 41.6 Å². The standard InChI is InChI=1S/C24H25FN6O4S/c1-4-36(33)31-18-10-7-16(12-19(18)34-14(3)15-5-8-17(25)9-6-15)22-21(23(26)32)24(29-28-22)27-20-11-13(2)35-30-20/h5-12,14,31H,4H2,1-3H3,(H2,26,32)(H2,27,28,29,30). The smallest absolute Gasteiger partial charge is 0.254 e. The molecule has 1 amide bonds. The number of aromatic nitrogens is 3. The number of anilines is 3. The van der Waals surface area contributed by atoms with Crippen LogP contribution in [0.4, 0.5) is 21.7 Å². The first-order valence-corrected chi connectivity index (χ1v) is 12.4. The van der Waals surface area contributed by atoms with Crippen molar-refractivity contribution < 1.29 is 23.0 Å². The van der Waals surface area contributed by atoms with Crippen LogP contribution in [0.5, 0.6) is 5.75 Å². The van der Waals surface area contributed by atoms with Crippen molar-refractivity contribution in [2.75, 3.05) is 15.8 Å². The molecule has 2 heterocycles. The monoisotopic (exact) mass is 512 g/mol. The first kappa shape index (κ1) is 25.1. The first-order valence-electron chi connectivity index (χ1n) is 11.0. The lowest BCUT2D eigenvalue weighted by molar-refractivity contribution is 0.100. The lowest BCUT2D eigenvalue weighted by Gasteiger charge is -2.20. The summed E-state index contributed by atoms with van der Waals surface area (Å²) in [6, 6.07) is 12.7. The van der Waals surface area contributed by atoms with E-state index in [2.05, 4.69) is 25.4 Å². The molecule has 0 saturated heterocycles. The highest BCUT2D eigenvalue weighted by Crippen LogP contribution is 2.36. The lowest BCUT2D eigenvalue weighted by Crippen LogP contribution is -2.16. The van der Waals surface area contributed by atoms with Crippen LogP contribution in [0.15, 0.2) is 53.1 Å². The summed E-state index contributed by atoms with van der Waals surface area (Å²) < 4.78 is 39.7. The number of amides is 1. The Hall–Kier alpha value is -4.03. The van der Waals surface area contributed by atoms with Crippen molar-refractivity contribution in [2.24, 2.45) is 5.73 Å². The number of carbonyl (C=O) groups is 1. The predicted molar refractivity (Wildman–Crippen MR) is 135 cm³/mol. The zero-order valence-electron chi connectivity index (χ0n) is 19.8. The fourth-order valence-electron chi connectivity index (χ4n) is 3.47. The van der Waals surface area contributed by atoms with E-state index in [1.54, 1.807) is 50.2 Å². The molecule has 2 atom stereocenters. The summed E-state index contributed by atoms with van der Waals surface area (Å²) in [6.45, 7) is 5.33. The number of rotatable bonds is 10. The number of hydrogen-bond acceptors (Lipinski definition) is 8. The normalized spacial score (nSPS) is 12.7. The van der Waals surface area contributed by atoms with Crippen molar-refractivity contribution in [3.05, 3.63) is 71.2 Å². The number of carbonyl (C=O) groups excluding carboxylic acids is 1. The van der Waals surface area contributed by atoms with Crippen LogP contribution in [0.25, 0.3) is 11.3 Å². The molecule has 0 bridgehead atoms. The lowest BCUT2D eigenvalue weighted by atomic mass is 10.1. The summed E-state index contributed by atoms with van der Waals surface area (Å²) in [5.41, 5.74) is 7.84. The van der Waals surface area contributed by atoms with E-state index in [1.807, 2.05) is 6.92 Å². The highest BCUT2D eigenvalue weighted by atomic mass is 32.2. The number of ether oxygens (including phenoxy) is 1. The summed E-state index contributed by atoms with van der Waals surface area (Å²) >= 11 is -1.33. The van der Waals surface area contributed by atoms with Crippen LogP contribution in [-0.2, 0) is 11.4 Å². The molecule has 0 aliphatic carbocycles. The van der Waals surface area contributed by atoms with Gasteiger partial charge in [-0.2, -0.15) is 5.10 Å². The molecule has 2 unspecified atom stereocenters. The van der Waals surface area contributed by atoms with Gasteiger partial charge in [-0.05, 0) is 50.6 Å². The van der Waals surface area contributed by atoms with Crippen LogP contribution in [0.2, 0.25) is 0 Å². The molecule has 36 heavy (non-hydrogen) atoms. The van der Waals surface area contributed by atoms with Gasteiger partial charge in [-0.3, -0.25) is 9.89 Å². The zero-order valence-corrected chi connectivity index (χ0v) is 20.6. The second-order valence-electron chi connectivity index (χ2n) is 7.89. The van der Waals surface area contributed by atoms with Crippen molar-refractivity contribution in [3.8, 4) is 17.0 Å². The topological polar surface area (TPSA) is 154 Å². The molecule has 10 nitrogen and oxygen atoms in total. The number of benzene rings is 2. The molecule has 0 spiro atoms. The SMILES string of the molecule is CC[S+]([O-])Nc1ccc(-c2n[nH]c(Nc3cc(C)on3)c2C(N)=O)cc1OC(C)c1ccc(F)cc1. The van der Waals surface area contributed by atoms with Crippen molar-refractivity contribution in [1.82, 2.24) is 15.4 Å². The Morgan fingerprint density at radius 1 is 1.28 bits per heavy atom. The van der Waals surface area contributed by atoms with E-state index in [-0.39, 0.29) is 22.9 Å². The third-order valence-corrected chi connectivity index (χ3v) is 6.25. The number of hydrogen-bond donors (Lipinski definition) is 4. The Balaban J connectivity index is 1.71. The fraction of sp³-hybridized carbons (Fsp3) is 0.208. The Kier molecular flexibility index (Phi) is 7.46. The number of aromatic amines is 1. The van der Waals surface area contributed by atoms with Crippen LogP contribution in [0.3, 0.4) is 0 Å². The van der Waals surface area contributed by atoms with Gasteiger partial charge in [-0.1, -0.05) is 23.4 Å². The Bertz CT molecular complexity index is 1360. The molecule has 0 radical (unpaired) electrons. The van der Waals surface area contributed by atoms with Gasteiger partial charge in [-0.25, -0.2) is 9.11 Å². The predicted octanol–water partition coefficient (Wildman–Crippen LogP) is 4.59. The van der Waals surface area contributed by atoms with E-state index >= 15 is 0 Å². The Morgan fingerprint density at radius 2 is 2.03 bits per heavy atom. The summed E-state index contributed by atoms with van der Waals surface area (Å²) in [7, 11) is 0. The molecule has 12 heteroatoms. The number of nitrogens with two attached hydrogens (primary N) is 1. The summed E-state index contributed by atoms with van der Waals surface area (Å²) in [5, 5.41) is 13.9. The number of primary amides is 1. The molecule has 0 aliphatic heterocycles. The van der Waals surface area contributed by atoms with Crippen molar-refractivity contribution >= 4 is 34.6 Å². The van der Waals surface area contributed by atoms with E-state index < -0.39 is 23.4 Å². The van der Waals surface area contributed by atoms with Gasteiger partial charge in [0.1, 0.15) is 51.9 Å². The maximum absolute atomic E-state index is 13.4. The minimum Gasteiger partial charge on any atom is -0.593 e. The third kappa shape index (κ3) is 5.61. The molecule has 4 rings (SSSR count). The van der Waals surface area contributed by atoms with Crippen LogP contribution in [0, 0.1) is 12.7 Å². The molecule has 188 valence electrons. The van der Waals surface area contributed by atoms with Gasteiger partial charge in [0, 0.05) is 11.6 Å². The minimum atomic E-state index is -1.33. The fourth-order valence-corrected chi connectivity index (χ4v) is 4.03. The van der Waals surface area contributed by atoms with Crippen LogP contribution < -0.4 is 20.5 Å². The molecule has 2 aromatic heterocycles. The zero-order chi connectivity index (χ0) is 25.8. The van der Waals surface area contributed by atoms with Gasteiger partial charge in [0.05, 0.1) is 11.4 Å². The molecule has 2 aromatic carbocycles. The highest BCUT2D eigenvalue weighted by molar-refractivity contribution is 7.92. The highest BCUT2D eigenvalue weighted by Gasteiger charge is 2.23. The van der Waals surface area contributed by atoms with Gasteiger partial charge in [-0.15, -0.1) is 0 Å². The molecule has 5 N–H and O–H groups in total. The Morgan fingerprint density at radius 3 is 2.67 bits per heavy atom. The molecule has 0 fully saturated rings. The van der Waals surface area contributed by atoms with Gasteiger partial charge < -0.3 is 24.9 Å². The molecular formula is C24H25FN6O4S. The van der Waals surface area contributed by atoms with Gasteiger partial charge in [0.2, 0.25) is 0 Å². The molecular weight excluding hydrogens is 487 g/mol. The second kappa shape index (κ2) is 10.7. The van der Waals surface area contributed by atoms with E-state index in [0.717, 1.165) is 5.56 Å². The third-order valence-electron chi connectivity index (χ3n) is 5.28. The molecule has 4 aromatic rings. The van der Waals surface area contributed by atoms with E-state index in [1.165, 1.54) is 12.1 Å². The quantitative estimate of drug-likeness (QED) is 0.225. The van der Waals surface area contributed by atoms with Crippen molar-refractivity contribution in [3.63, 3.8) is 0 Å². The molecule has 0 aliphatic rings. The van der Waals surface area contributed by atoms with E-state index in [0.29, 0.717) is 34.3 Å². The summed E-state index contributed by atoms with van der Waals surface area (Å²) in [4.78, 5) is 12.4. The van der Waals surface area contributed by atoms with E-state index in [4.69, 9.17) is 15.0 Å². The van der Waals surface area contributed by atoms with Gasteiger partial charge >= 0.3 is 0 Å². The second-order valence-corrected chi connectivity index (χ2v) is 9.37. The number of aryl methyl sites for hydroxylation is 1. The van der Waals surface area contributed by atoms with Crippen LogP contribution >= 0.6 is 0 Å². The minimum absolute atomic E-state index is 0.117. The number of nitrogens with zero attached hydrogens (tertiary/aromatic N) is 2.